The number of morpholine rings is 1. The fourth-order valence-corrected chi connectivity index (χ4v) is 3.37. The molecule has 1 fully saturated rings. The summed E-state index contributed by atoms with van der Waals surface area (Å²) in [6.07, 6.45) is 1.54. The van der Waals surface area contributed by atoms with Crippen LogP contribution in [0.2, 0.25) is 0 Å². The molecule has 0 atom stereocenters. The molecule has 1 amide bonds. The van der Waals surface area contributed by atoms with Gasteiger partial charge >= 0.3 is 5.97 Å². The molecule has 1 aliphatic heterocycles. The Kier molecular flexibility index (Phi) is 8.21. The van der Waals surface area contributed by atoms with E-state index in [2.05, 4.69) is 9.64 Å². The highest BCUT2D eigenvalue weighted by Gasteiger charge is 2.17. The van der Waals surface area contributed by atoms with Crippen molar-refractivity contribution in [2.45, 2.75) is 19.3 Å². The summed E-state index contributed by atoms with van der Waals surface area (Å²) in [7, 11) is 1.37. The number of hydrogen-bond donors (Lipinski definition) is 0. The van der Waals surface area contributed by atoms with Crippen molar-refractivity contribution < 1.29 is 19.1 Å². The Morgan fingerprint density at radius 1 is 1.33 bits per heavy atom. The Balaban J connectivity index is 1.81. The molecule has 1 aromatic rings. The van der Waals surface area contributed by atoms with Gasteiger partial charge in [0.15, 0.2) is 0 Å². The molecule has 0 aromatic carbocycles. The molecule has 2 rings (SSSR count). The van der Waals surface area contributed by atoms with Gasteiger partial charge in [-0.25, -0.2) is 0 Å². The van der Waals surface area contributed by atoms with Crippen molar-refractivity contribution in [2.75, 3.05) is 53.0 Å². The first-order chi connectivity index (χ1) is 11.7. The van der Waals surface area contributed by atoms with E-state index >= 15 is 0 Å². The minimum absolute atomic E-state index is 0.0725. The zero-order valence-corrected chi connectivity index (χ0v) is 15.1. The van der Waals surface area contributed by atoms with E-state index in [1.54, 1.807) is 16.2 Å². The fraction of sp³-hybridized carbons (Fsp3) is 0.647. The Labute approximate surface area is 147 Å². The van der Waals surface area contributed by atoms with Crippen molar-refractivity contribution >= 4 is 23.2 Å². The highest BCUT2D eigenvalue weighted by molar-refractivity contribution is 7.10. The van der Waals surface area contributed by atoms with Gasteiger partial charge in [0.25, 0.3) is 0 Å². The SMILES string of the molecule is COC(=O)CCN(CCCN1CCOCC1)C(=O)Cc1cccs1. The molecule has 24 heavy (non-hydrogen) atoms. The molecule has 0 bridgehead atoms. The molecule has 0 spiro atoms. The molecule has 0 aliphatic carbocycles. The van der Waals surface area contributed by atoms with E-state index in [0.717, 1.165) is 44.1 Å². The molecular weight excluding hydrogens is 328 g/mol. The van der Waals surface area contributed by atoms with Crippen LogP contribution in [0.1, 0.15) is 17.7 Å². The van der Waals surface area contributed by atoms with E-state index in [1.165, 1.54) is 7.11 Å². The second-order valence-electron chi connectivity index (χ2n) is 5.77. The van der Waals surface area contributed by atoms with Crippen LogP contribution < -0.4 is 0 Å². The van der Waals surface area contributed by atoms with Crippen LogP contribution in [0, 0.1) is 0 Å². The van der Waals surface area contributed by atoms with Gasteiger partial charge in [-0.1, -0.05) is 6.07 Å². The van der Waals surface area contributed by atoms with Crippen molar-refractivity contribution in [3.05, 3.63) is 22.4 Å². The molecule has 0 N–H and O–H groups in total. The average Bonchev–Trinajstić information content (AvgIpc) is 3.11. The summed E-state index contributed by atoms with van der Waals surface area (Å²) in [5, 5.41) is 1.97. The van der Waals surface area contributed by atoms with Crippen molar-refractivity contribution in [3.63, 3.8) is 0 Å². The van der Waals surface area contributed by atoms with Gasteiger partial charge in [-0.05, 0) is 17.9 Å². The number of esters is 1. The van der Waals surface area contributed by atoms with Crippen LogP contribution in [0.4, 0.5) is 0 Å². The first-order valence-electron chi connectivity index (χ1n) is 8.36. The van der Waals surface area contributed by atoms with Crippen LogP contribution in [-0.2, 0) is 25.5 Å². The summed E-state index contributed by atoms with van der Waals surface area (Å²) in [6.45, 7) is 5.49. The molecule has 0 unspecified atom stereocenters. The number of carbonyl (C=O) groups excluding carboxylic acids is 2. The number of methoxy groups -OCH3 is 1. The summed E-state index contributed by atoms with van der Waals surface area (Å²) < 4.78 is 10.0. The fourth-order valence-electron chi connectivity index (χ4n) is 2.67. The predicted molar refractivity (Wildman–Crippen MR) is 93.1 cm³/mol. The lowest BCUT2D eigenvalue weighted by molar-refractivity contribution is -0.141. The Morgan fingerprint density at radius 2 is 2.12 bits per heavy atom. The number of amides is 1. The minimum Gasteiger partial charge on any atom is -0.469 e. The van der Waals surface area contributed by atoms with Crippen LogP contribution >= 0.6 is 11.3 Å². The minimum atomic E-state index is -0.280. The van der Waals surface area contributed by atoms with Gasteiger partial charge in [-0.2, -0.15) is 0 Å². The second kappa shape index (κ2) is 10.4. The predicted octanol–water partition coefficient (Wildman–Crippen LogP) is 1.40. The first kappa shape index (κ1) is 18.9. The van der Waals surface area contributed by atoms with Crippen molar-refractivity contribution in [1.82, 2.24) is 9.80 Å². The molecule has 2 heterocycles. The number of rotatable bonds is 9. The van der Waals surface area contributed by atoms with Crippen molar-refractivity contribution in [2.24, 2.45) is 0 Å². The third-order valence-corrected chi connectivity index (χ3v) is 4.95. The maximum absolute atomic E-state index is 12.5. The zero-order chi connectivity index (χ0) is 17.2. The maximum Gasteiger partial charge on any atom is 0.307 e. The molecule has 7 heteroatoms. The largest absolute Gasteiger partial charge is 0.469 e. The monoisotopic (exact) mass is 354 g/mol. The van der Waals surface area contributed by atoms with E-state index in [9.17, 15) is 9.59 Å². The lowest BCUT2D eigenvalue weighted by Crippen LogP contribution is -2.40. The van der Waals surface area contributed by atoms with Gasteiger partial charge < -0.3 is 14.4 Å². The summed E-state index contributed by atoms with van der Waals surface area (Å²) in [5.74, 6) is -0.208. The normalized spacial score (nSPS) is 15.2. The van der Waals surface area contributed by atoms with E-state index in [1.807, 2.05) is 17.5 Å². The summed E-state index contributed by atoms with van der Waals surface area (Å²) in [5.41, 5.74) is 0. The van der Waals surface area contributed by atoms with Gasteiger partial charge in [0.2, 0.25) is 5.91 Å². The number of nitrogens with zero attached hydrogens (tertiary/aromatic N) is 2. The van der Waals surface area contributed by atoms with Crippen LogP contribution in [0.3, 0.4) is 0 Å². The zero-order valence-electron chi connectivity index (χ0n) is 14.2. The van der Waals surface area contributed by atoms with Gasteiger partial charge in [0, 0.05) is 37.6 Å². The first-order valence-corrected chi connectivity index (χ1v) is 9.24. The Bertz CT molecular complexity index is 501. The molecule has 1 aliphatic rings. The van der Waals surface area contributed by atoms with E-state index in [0.29, 0.717) is 19.5 Å². The highest BCUT2D eigenvalue weighted by atomic mass is 32.1. The lowest BCUT2D eigenvalue weighted by atomic mass is 10.2. The standard InChI is InChI=1S/C17H26N2O4S/c1-22-17(21)5-8-19(16(20)14-15-4-2-13-24-15)7-3-6-18-9-11-23-12-10-18/h2,4,13H,3,5-12,14H2,1H3. The van der Waals surface area contributed by atoms with Gasteiger partial charge in [-0.15, -0.1) is 11.3 Å². The smallest absolute Gasteiger partial charge is 0.307 e. The second-order valence-corrected chi connectivity index (χ2v) is 6.80. The summed E-state index contributed by atoms with van der Waals surface area (Å²) in [6, 6.07) is 3.92. The molecule has 0 radical (unpaired) electrons. The molecule has 0 saturated carbocycles. The van der Waals surface area contributed by atoms with Crippen LogP contribution in [-0.4, -0.2) is 74.7 Å². The van der Waals surface area contributed by atoms with Crippen molar-refractivity contribution in [1.29, 1.82) is 0 Å². The highest BCUT2D eigenvalue weighted by Crippen LogP contribution is 2.11. The van der Waals surface area contributed by atoms with E-state index in [-0.39, 0.29) is 18.3 Å². The van der Waals surface area contributed by atoms with Crippen LogP contribution in [0.15, 0.2) is 17.5 Å². The topological polar surface area (TPSA) is 59.1 Å². The van der Waals surface area contributed by atoms with Gasteiger partial charge in [0.1, 0.15) is 0 Å². The molecule has 6 nitrogen and oxygen atoms in total. The molecule has 1 saturated heterocycles. The Hall–Kier alpha value is -1.44. The van der Waals surface area contributed by atoms with Crippen molar-refractivity contribution in [3.8, 4) is 0 Å². The number of thiophene rings is 1. The van der Waals surface area contributed by atoms with Gasteiger partial charge in [-0.3, -0.25) is 14.5 Å². The molecular formula is C17H26N2O4S. The average molecular weight is 354 g/mol. The summed E-state index contributed by atoms with van der Waals surface area (Å²) in [4.78, 5) is 29.1. The van der Waals surface area contributed by atoms with Gasteiger partial charge in [0.05, 0.1) is 33.2 Å². The van der Waals surface area contributed by atoms with Crippen LogP contribution in [0.25, 0.3) is 0 Å². The third-order valence-electron chi connectivity index (χ3n) is 4.08. The Morgan fingerprint density at radius 3 is 2.79 bits per heavy atom. The molecule has 1 aromatic heterocycles. The number of carbonyl (C=O) groups is 2. The van der Waals surface area contributed by atoms with Crippen LogP contribution in [0.5, 0.6) is 0 Å². The number of ether oxygens (including phenoxy) is 2. The van der Waals surface area contributed by atoms with E-state index in [4.69, 9.17) is 4.74 Å². The third kappa shape index (κ3) is 6.59. The quantitative estimate of drug-likeness (QED) is 0.628. The van der Waals surface area contributed by atoms with E-state index < -0.39 is 0 Å². The number of hydrogen-bond acceptors (Lipinski definition) is 6. The maximum atomic E-state index is 12.5. The summed E-state index contributed by atoms with van der Waals surface area (Å²) >= 11 is 1.58. The molecule has 134 valence electrons. The lowest BCUT2D eigenvalue weighted by Gasteiger charge is -2.28.